The third-order valence-corrected chi connectivity index (χ3v) is 10.0. The van der Waals surface area contributed by atoms with Gasteiger partial charge in [-0.25, -0.2) is 8.42 Å². The van der Waals surface area contributed by atoms with Gasteiger partial charge in [0.15, 0.2) is 0 Å². The lowest BCUT2D eigenvalue weighted by Gasteiger charge is -2.28. The Labute approximate surface area is 219 Å². The quantitative estimate of drug-likeness (QED) is 0.284. The highest BCUT2D eigenvalue weighted by Crippen LogP contribution is 2.47. The fraction of sp³-hybridized carbons (Fsp3) is 0.731. The van der Waals surface area contributed by atoms with Crippen LogP contribution in [0.1, 0.15) is 72.1 Å². The number of aliphatic hydroxyl groups excluding tert-OH is 1. The minimum Gasteiger partial charge on any atom is -0.391 e. The van der Waals surface area contributed by atoms with Gasteiger partial charge in [0, 0.05) is 18.9 Å². The smallest absolute Gasteiger partial charge is 0.259 e. The Balaban J connectivity index is 1.67. The lowest BCUT2D eigenvalue weighted by Crippen LogP contribution is -2.57. The number of aliphatic hydroxyl groups is 1. The second-order valence-electron chi connectivity index (χ2n) is 10.9. The fourth-order valence-electron chi connectivity index (χ4n) is 4.81. The Morgan fingerprint density at radius 1 is 1.27 bits per heavy atom. The van der Waals surface area contributed by atoms with Crippen LogP contribution in [0.15, 0.2) is 25.3 Å². The third kappa shape index (κ3) is 6.43. The Kier molecular flexibility index (Phi) is 8.91. The highest BCUT2D eigenvalue weighted by atomic mass is 32.2. The number of nitrogens with one attached hydrogen (secondary N) is 2. The molecule has 1 saturated heterocycles. The van der Waals surface area contributed by atoms with Crippen molar-refractivity contribution in [1.82, 2.24) is 14.9 Å². The van der Waals surface area contributed by atoms with Gasteiger partial charge in [0.2, 0.25) is 21.8 Å². The molecule has 1 aliphatic heterocycles. The van der Waals surface area contributed by atoms with Crippen LogP contribution < -0.4 is 10.0 Å². The van der Waals surface area contributed by atoms with E-state index in [9.17, 15) is 27.9 Å². The van der Waals surface area contributed by atoms with Gasteiger partial charge < -0.3 is 20.1 Å². The van der Waals surface area contributed by atoms with E-state index in [4.69, 9.17) is 4.74 Å². The van der Waals surface area contributed by atoms with Crippen molar-refractivity contribution in [2.45, 2.75) is 107 Å². The molecule has 0 radical (unpaired) electrons. The average Bonchev–Trinajstić information content (AvgIpc) is 3.72. The number of carbonyl (C=O) groups is 3. The van der Waals surface area contributed by atoms with Crippen LogP contribution in [0.25, 0.3) is 0 Å². The summed E-state index contributed by atoms with van der Waals surface area (Å²) in [6.45, 7) is 12.8. The highest BCUT2D eigenvalue weighted by molar-refractivity contribution is 7.91. The summed E-state index contributed by atoms with van der Waals surface area (Å²) in [5.41, 5.74) is -1.45. The van der Waals surface area contributed by atoms with E-state index in [1.807, 2.05) is 19.9 Å². The van der Waals surface area contributed by atoms with E-state index in [0.29, 0.717) is 19.3 Å². The van der Waals surface area contributed by atoms with Crippen LogP contribution in [0.5, 0.6) is 0 Å². The molecule has 37 heavy (non-hydrogen) atoms. The maximum absolute atomic E-state index is 13.3. The van der Waals surface area contributed by atoms with Crippen LogP contribution in [-0.2, 0) is 29.1 Å². The molecule has 0 aromatic heterocycles. The molecular formula is C26H41N3O7S. The van der Waals surface area contributed by atoms with Gasteiger partial charge >= 0.3 is 0 Å². The molecule has 3 fully saturated rings. The van der Waals surface area contributed by atoms with Crippen molar-refractivity contribution in [3.8, 4) is 0 Å². The number of β-amino-alcohol motifs (C(OH)–C–C–N with tert-alkyl or cyclic N) is 1. The minimum atomic E-state index is -3.89. The number of hydrogen-bond acceptors (Lipinski definition) is 7. The van der Waals surface area contributed by atoms with Crippen molar-refractivity contribution in [2.24, 2.45) is 5.92 Å². The number of amides is 3. The Morgan fingerprint density at radius 3 is 2.49 bits per heavy atom. The molecule has 0 bridgehead atoms. The highest BCUT2D eigenvalue weighted by Gasteiger charge is 2.62. The molecular weight excluding hydrogens is 498 g/mol. The minimum absolute atomic E-state index is 0.00378. The largest absolute Gasteiger partial charge is 0.391 e. The first-order chi connectivity index (χ1) is 17.3. The molecule has 0 unspecified atom stereocenters. The summed E-state index contributed by atoms with van der Waals surface area (Å²) in [6.07, 6.45) is 5.44. The normalized spacial score (nSPS) is 29.6. The molecule has 11 heteroatoms. The second kappa shape index (κ2) is 11.2. The Hall–Kier alpha value is -2.24. The predicted molar refractivity (Wildman–Crippen MR) is 139 cm³/mol. The second-order valence-corrected chi connectivity index (χ2v) is 13.1. The van der Waals surface area contributed by atoms with Gasteiger partial charge in [-0.2, -0.15) is 0 Å². The van der Waals surface area contributed by atoms with Crippen molar-refractivity contribution < 1.29 is 32.6 Å². The number of nitrogens with zero attached hydrogens (tertiary/aromatic N) is 1. The summed E-state index contributed by atoms with van der Waals surface area (Å²) in [5.74, 6) is -2.17. The van der Waals surface area contributed by atoms with Crippen LogP contribution in [0.3, 0.4) is 0 Å². The molecule has 3 aliphatic rings. The van der Waals surface area contributed by atoms with Gasteiger partial charge in [-0.3, -0.25) is 19.1 Å². The van der Waals surface area contributed by atoms with Gasteiger partial charge in [0.25, 0.3) is 5.91 Å². The van der Waals surface area contributed by atoms with Gasteiger partial charge in [-0.15, -0.1) is 13.2 Å². The van der Waals surface area contributed by atoms with Crippen molar-refractivity contribution in [3.05, 3.63) is 25.3 Å². The zero-order valence-electron chi connectivity index (χ0n) is 22.1. The molecule has 0 aromatic carbocycles. The van der Waals surface area contributed by atoms with E-state index in [-0.39, 0.29) is 43.9 Å². The van der Waals surface area contributed by atoms with E-state index in [1.165, 1.54) is 11.0 Å². The Bertz CT molecular complexity index is 1030. The van der Waals surface area contributed by atoms with Crippen LogP contribution in [0, 0.1) is 5.92 Å². The van der Waals surface area contributed by atoms with Crippen molar-refractivity contribution in [1.29, 1.82) is 0 Å². The SMILES string of the molecule is C=CCC[C@@H](C)O[C@@H](CC)CC(=O)N1C[C@H](O)C[C@H]1C(=O)N[C@]1(C(=O)NS(=O)(=O)C2(C)CC2)C[C@H]1C=C. The number of rotatable bonds is 14. The first kappa shape index (κ1) is 29.3. The summed E-state index contributed by atoms with van der Waals surface area (Å²) < 4.78 is 32.4. The molecule has 1 heterocycles. The third-order valence-electron chi connectivity index (χ3n) is 7.84. The first-order valence-corrected chi connectivity index (χ1v) is 14.6. The molecule has 3 rings (SSSR count). The number of ether oxygens (including phenoxy) is 1. The lowest BCUT2D eigenvalue weighted by atomic mass is 10.1. The molecule has 3 amide bonds. The standard InChI is InChI=1S/C26H41N3O7S/c1-6-9-10-17(4)36-20(8-3)14-22(31)29-16-19(30)13-21(29)23(32)27-26(15-18(26)7-2)24(33)28-37(34,35)25(5)11-12-25/h6-7,17-21,30H,1-2,8-16H2,3-5H3,(H,27,32)(H,28,33)/t17-,18-,19-,20+,21+,26-/m1/s1. The van der Waals surface area contributed by atoms with Crippen LogP contribution in [0.4, 0.5) is 0 Å². The zero-order chi connectivity index (χ0) is 27.6. The van der Waals surface area contributed by atoms with Crippen LogP contribution in [-0.4, -0.2) is 77.3 Å². The lowest BCUT2D eigenvalue weighted by molar-refractivity contribution is -0.142. The summed E-state index contributed by atoms with van der Waals surface area (Å²) in [4.78, 5) is 40.9. The van der Waals surface area contributed by atoms with Crippen molar-refractivity contribution in [3.63, 3.8) is 0 Å². The number of sulfonamides is 1. The molecule has 3 N–H and O–H groups in total. The molecule has 6 atom stereocenters. The summed E-state index contributed by atoms with van der Waals surface area (Å²) in [7, 11) is -3.89. The number of likely N-dealkylation sites (tertiary alicyclic amines) is 1. The molecule has 208 valence electrons. The number of hydrogen-bond donors (Lipinski definition) is 3. The van der Waals surface area contributed by atoms with Gasteiger partial charge in [-0.05, 0) is 52.4 Å². The summed E-state index contributed by atoms with van der Waals surface area (Å²) >= 11 is 0. The van der Waals surface area contributed by atoms with Gasteiger partial charge in [-0.1, -0.05) is 19.1 Å². The molecule has 2 aliphatic carbocycles. The van der Waals surface area contributed by atoms with E-state index < -0.39 is 50.2 Å². The fourth-order valence-corrected chi connectivity index (χ4v) is 6.12. The topological polar surface area (TPSA) is 142 Å². The average molecular weight is 540 g/mol. The summed E-state index contributed by atoms with van der Waals surface area (Å²) in [5, 5.41) is 13.0. The monoisotopic (exact) mass is 539 g/mol. The summed E-state index contributed by atoms with van der Waals surface area (Å²) in [6, 6.07) is -0.980. The molecule has 0 aromatic rings. The number of carbonyl (C=O) groups excluding carboxylic acids is 3. The molecule has 2 saturated carbocycles. The first-order valence-electron chi connectivity index (χ1n) is 13.1. The Morgan fingerprint density at radius 2 is 1.95 bits per heavy atom. The maximum Gasteiger partial charge on any atom is 0.259 e. The van der Waals surface area contributed by atoms with Gasteiger partial charge in [0.1, 0.15) is 11.6 Å². The molecule has 0 spiro atoms. The van der Waals surface area contributed by atoms with Crippen LogP contribution >= 0.6 is 0 Å². The predicted octanol–water partition coefficient (Wildman–Crippen LogP) is 1.55. The maximum atomic E-state index is 13.3. The van der Waals surface area contributed by atoms with E-state index in [2.05, 4.69) is 23.2 Å². The van der Waals surface area contributed by atoms with E-state index in [0.717, 1.165) is 12.8 Å². The zero-order valence-corrected chi connectivity index (χ0v) is 22.9. The van der Waals surface area contributed by atoms with Crippen LogP contribution in [0.2, 0.25) is 0 Å². The van der Waals surface area contributed by atoms with E-state index >= 15 is 0 Å². The van der Waals surface area contributed by atoms with Crippen molar-refractivity contribution in [2.75, 3.05) is 6.54 Å². The number of allylic oxidation sites excluding steroid dienone is 1. The van der Waals surface area contributed by atoms with E-state index in [1.54, 1.807) is 6.92 Å². The molecule has 10 nitrogen and oxygen atoms in total. The van der Waals surface area contributed by atoms with Crippen molar-refractivity contribution >= 4 is 27.7 Å². The van der Waals surface area contributed by atoms with Gasteiger partial charge in [0.05, 0.1) is 29.5 Å².